The van der Waals surface area contributed by atoms with Gasteiger partial charge in [0, 0.05) is 23.7 Å². The number of nitrogens with two attached hydrogens (primary N) is 1. The second-order valence-electron chi connectivity index (χ2n) is 4.67. The van der Waals surface area contributed by atoms with Crippen LogP contribution < -0.4 is 5.73 Å². The molecule has 4 heteroatoms. The zero-order chi connectivity index (χ0) is 12.3. The van der Waals surface area contributed by atoms with Crippen molar-refractivity contribution in [3.05, 3.63) is 34.1 Å². The Bertz CT molecular complexity index is 380. The molecule has 2 atom stereocenters. The van der Waals surface area contributed by atoms with Crippen molar-refractivity contribution >= 4 is 15.9 Å². The van der Waals surface area contributed by atoms with Crippen LogP contribution in [-0.4, -0.2) is 19.3 Å². The van der Waals surface area contributed by atoms with Crippen LogP contribution in [0, 0.1) is 11.7 Å². The van der Waals surface area contributed by atoms with Gasteiger partial charge >= 0.3 is 0 Å². The Morgan fingerprint density at radius 2 is 2.35 bits per heavy atom. The molecule has 1 fully saturated rings. The molecular formula is C13H17BrFNO. The Morgan fingerprint density at radius 3 is 3.00 bits per heavy atom. The second-order valence-corrected chi connectivity index (χ2v) is 5.58. The molecule has 0 aliphatic carbocycles. The summed E-state index contributed by atoms with van der Waals surface area (Å²) >= 11 is 3.25. The van der Waals surface area contributed by atoms with Crippen LogP contribution in [0.15, 0.2) is 22.7 Å². The lowest BCUT2D eigenvalue weighted by molar-refractivity contribution is 0.182. The maximum atomic E-state index is 13.6. The molecule has 94 valence electrons. The van der Waals surface area contributed by atoms with Gasteiger partial charge in [0.2, 0.25) is 0 Å². The van der Waals surface area contributed by atoms with Gasteiger partial charge < -0.3 is 10.5 Å². The van der Waals surface area contributed by atoms with Gasteiger partial charge in [-0.15, -0.1) is 0 Å². The summed E-state index contributed by atoms with van der Waals surface area (Å²) in [5.41, 5.74) is 6.75. The number of hydrogen-bond acceptors (Lipinski definition) is 2. The monoisotopic (exact) mass is 301 g/mol. The van der Waals surface area contributed by atoms with Crippen molar-refractivity contribution in [3.8, 4) is 0 Å². The van der Waals surface area contributed by atoms with E-state index in [2.05, 4.69) is 15.9 Å². The zero-order valence-corrected chi connectivity index (χ0v) is 11.2. The van der Waals surface area contributed by atoms with Gasteiger partial charge in [-0.1, -0.05) is 22.0 Å². The molecule has 2 rings (SSSR count). The minimum atomic E-state index is -0.183. The summed E-state index contributed by atoms with van der Waals surface area (Å²) in [4.78, 5) is 0. The first kappa shape index (κ1) is 13.0. The van der Waals surface area contributed by atoms with Crippen LogP contribution >= 0.6 is 15.9 Å². The van der Waals surface area contributed by atoms with Crippen molar-refractivity contribution in [2.75, 3.05) is 13.2 Å². The third kappa shape index (κ3) is 3.76. The van der Waals surface area contributed by atoms with Crippen LogP contribution in [0.25, 0.3) is 0 Å². The fraction of sp³-hybridized carbons (Fsp3) is 0.538. The molecule has 1 heterocycles. The molecule has 1 aromatic rings. The SMILES string of the molecule is NC(Cc1ccc(Br)cc1F)CC1CCOC1. The molecule has 17 heavy (non-hydrogen) atoms. The van der Waals surface area contributed by atoms with E-state index >= 15 is 0 Å². The number of benzene rings is 1. The molecule has 0 aromatic heterocycles. The van der Waals surface area contributed by atoms with Gasteiger partial charge in [0.1, 0.15) is 5.82 Å². The van der Waals surface area contributed by atoms with Crippen molar-refractivity contribution in [1.29, 1.82) is 0 Å². The maximum absolute atomic E-state index is 13.6. The van der Waals surface area contributed by atoms with Crippen LogP contribution in [0.4, 0.5) is 4.39 Å². The van der Waals surface area contributed by atoms with E-state index in [4.69, 9.17) is 10.5 Å². The number of hydrogen-bond donors (Lipinski definition) is 1. The predicted octanol–water partition coefficient (Wildman–Crippen LogP) is 2.88. The van der Waals surface area contributed by atoms with Crippen molar-refractivity contribution in [2.24, 2.45) is 11.7 Å². The summed E-state index contributed by atoms with van der Waals surface area (Å²) in [7, 11) is 0. The summed E-state index contributed by atoms with van der Waals surface area (Å²) in [6, 6.07) is 5.15. The lowest BCUT2D eigenvalue weighted by Crippen LogP contribution is -2.26. The molecule has 0 bridgehead atoms. The molecule has 2 unspecified atom stereocenters. The Hall–Kier alpha value is -0.450. The highest BCUT2D eigenvalue weighted by atomic mass is 79.9. The molecule has 0 saturated carbocycles. The van der Waals surface area contributed by atoms with E-state index in [1.54, 1.807) is 6.07 Å². The van der Waals surface area contributed by atoms with Crippen molar-refractivity contribution in [1.82, 2.24) is 0 Å². The van der Waals surface area contributed by atoms with Gasteiger partial charge in [0.25, 0.3) is 0 Å². The minimum absolute atomic E-state index is 0.0115. The Balaban J connectivity index is 1.90. The average molecular weight is 302 g/mol. The zero-order valence-electron chi connectivity index (χ0n) is 9.66. The Morgan fingerprint density at radius 1 is 1.53 bits per heavy atom. The lowest BCUT2D eigenvalue weighted by Gasteiger charge is -2.15. The molecule has 1 aliphatic heterocycles. The van der Waals surface area contributed by atoms with E-state index < -0.39 is 0 Å². The third-order valence-corrected chi connectivity index (χ3v) is 3.65. The molecule has 2 N–H and O–H groups in total. The lowest BCUT2D eigenvalue weighted by atomic mass is 9.95. The predicted molar refractivity (Wildman–Crippen MR) is 69.3 cm³/mol. The van der Waals surface area contributed by atoms with Gasteiger partial charge in [0.15, 0.2) is 0 Å². The van der Waals surface area contributed by atoms with Crippen LogP contribution in [0.3, 0.4) is 0 Å². The fourth-order valence-electron chi connectivity index (χ4n) is 2.25. The Kier molecular flexibility index (Phi) is 4.54. The van der Waals surface area contributed by atoms with E-state index in [1.165, 1.54) is 6.07 Å². The van der Waals surface area contributed by atoms with Crippen LogP contribution in [0.2, 0.25) is 0 Å². The summed E-state index contributed by atoms with van der Waals surface area (Å²) < 4.78 is 19.7. The largest absolute Gasteiger partial charge is 0.381 e. The van der Waals surface area contributed by atoms with Crippen molar-refractivity contribution < 1.29 is 9.13 Å². The first-order valence-corrected chi connectivity index (χ1v) is 6.71. The van der Waals surface area contributed by atoms with E-state index in [0.717, 1.165) is 30.5 Å². The Labute approximate surface area is 109 Å². The van der Waals surface area contributed by atoms with Crippen molar-refractivity contribution in [2.45, 2.75) is 25.3 Å². The van der Waals surface area contributed by atoms with Crippen LogP contribution in [-0.2, 0) is 11.2 Å². The first-order chi connectivity index (χ1) is 8.15. The average Bonchev–Trinajstić information content (AvgIpc) is 2.75. The molecule has 0 spiro atoms. The van der Waals surface area contributed by atoms with Gasteiger partial charge in [-0.3, -0.25) is 0 Å². The maximum Gasteiger partial charge on any atom is 0.127 e. The molecule has 0 radical (unpaired) electrons. The number of rotatable bonds is 4. The van der Waals surface area contributed by atoms with E-state index in [9.17, 15) is 4.39 Å². The molecule has 1 aliphatic rings. The van der Waals surface area contributed by atoms with Gasteiger partial charge in [-0.05, 0) is 42.9 Å². The summed E-state index contributed by atoms with van der Waals surface area (Å²) in [5.74, 6) is 0.362. The fourth-order valence-corrected chi connectivity index (χ4v) is 2.58. The summed E-state index contributed by atoms with van der Waals surface area (Å²) in [6.45, 7) is 1.64. The highest BCUT2D eigenvalue weighted by molar-refractivity contribution is 9.10. The standard InChI is InChI=1S/C13H17BrFNO/c14-11-2-1-10(13(15)7-11)6-12(16)5-9-3-4-17-8-9/h1-2,7,9,12H,3-6,8,16H2. The van der Waals surface area contributed by atoms with E-state index in [0.29, 0.717) is 17.9 Å². The first-order valence-electron chi connectivity index (χ1n) is 5.92. The molecule has 1 aromatic carbocycles. The minimum Gasteiger partial charge on any atom is -0.381 e. The number of ether oxygens (including phenoxy) is 1. The van der Waals surface area contributed by atoms with Gasteiger partial charge in [-0.2, -0.15) is 0 Å². The topological polar surface area (TPSA) is 35.2 Å². The molecular weight excluding hydrogens is 285 g/mol. The molecule has 1 saturated heterocycles. The highest BCUT2D eigenvalue weighted by Crippen LogP contribution is 2.21. The van der Waals surface area contributed by atoms with Crippen LogP contribution in [0.5, 0.6) is 0 Å². The van der Waals surface area contributed by atoms with Crippen molar-refractivity contribution in [3.63, 3.8) is 0 Å². The van der Waals surface area contributed by atoms with E-state index in [-0.39, 0.29) is 11.9 Å². The quantitative estimate of drug-likeness (QED) is 0.928. The third-order valence-electron chi connectivity index (χ3n) is 3.16. The second kappa shape index (κ2) is 5.94. The summed E-state index contributed by atoms with van der Waals surface area (Å²) in [6.07, 6.45) is 2.58. The van der Waals surface area contributed by atoms with E-state index in [1.807, 2.05) is 6.07 Å². The number of halogens is 2. The summed E-state index contributed by atoms with van der Waals surface area (Å²) in [5, 5.41) is 0. The molecule has 2 nitrogen and oxygen atoms in total. The molecule has 0 amide bonds. The smallest absolute Gasteiger partial charge is 0.127 e. The van der Waals surface area contributed by atoms with Gasteiger partial charge in [0.05, 0.1) is 0 Å². The van der Waals surface area contributed by atoms with Crippen LogP contribution in [0.1, 0.15) is 18.4 Å². The normalized spacial score (nSPS) is 21.7. The highest BCUT2D eigenvalue weighted by Gasteiger charge is 2.19. The van der Waals surface area contributed by atoms with Gasteiger partial charge in [-0.25, -0.2) is 4.39 Å².